The molecule has 1 fully saturated rings. The van der Waals surface area contributed by atoms with Crippen LogP contribution in [0.2, 0.25) is 0 Å². The van der Waals surface area contributed by atoms with Crippen molar-refractivity contribution in [1.29, 1.82) is 0 Å². The van der Waals surface area contributed by atoms with E-state index >= 15 is 0 Å². The molecule has 1 saturated carbocycles. The molecule has 0 saturated heterocycles. The maximum atomic E-state index is 6.12. The molecule has 2 aromatic carbocycles. The van der Waals surface area contributed by atoms with Gasteiger partial charge in [0.2, 0.25) is 0 Å². The van der Waals surface area contributed by atoms with Gasteiger partial charge in [0.25, 0.3) is 0 Å². The Kier molecular flexibility index (Phi) is 5.12. The molecule has 0 aliphatic heterocycles. The van der Waals surface area contributed by atoms with Gasteiger partial charge in [0.05, 0.1) is 0 Å². The summed E-state index contributed by atoms with van der Waals surface area (Å²) in [5, 5.41) is 0. The minimum Gasteiger partial charge on any atom is -0.398 e. The molecule has 0 aromatic heterocycles. The van der Waals surface area contributed by atoms with Crippen LogP contribution in [0.3, 0.4) is 0 Å². The van der Waals surface area contributed by atoms with E-state index in [1.54, 1.807) is 7.05 Å². The van der Waals surface area contributed by atoms with Crippen molar-refractivity contribution in [3.8, 4) is 0 Å². The molecule has 0 radical (unpaired) electrons. The Morgan fingerprint density at radius 2 is 1.87 bits per heavy atom. The fourth-order valence-electron chi connectivity index (χ4n) is 3.69. The van der Waals surface area contributed by atoms with Crippen LogP contribution in [0.1, 0.15) is 60.3 Å². The maximum absolute atomic E-state index is 6.12. The monoisotopic (exact) mass is 306 g/mol. The smallest absolute Gasteiger partial charge is 0.0406 e. The number of nitrogens with zero attached hydrogens (tertiary/aromatic N) is 1. The molecule has 23 heavy (non-hydrogen) atoms. The number of hydrogen-bond acceptors (Lipinski definition) is 2. The third kappa shape index (κ3) is 3.82. The van der Waals surface area contributed by atoms with Crippen molar-refractivity contribution in [2.45, 2.75) is 44.4 Å². The zero-order valence-electron chi connectivity index (χ0n) is 14.0. The number of nitrogens with two attached hydrogens (primary N) is 1. The van der Waals surface area contributed by atoms with Crippen molar-refractivity contribution in [2.24, 2.45) is 4.99 Å². The fourth-order valence-corrected chi connectivity index (χ4v) is 3.69. The minimum atomic E-state index is 0.751. The van der Waals surface area contributed by atoms with Crippen LogP contribution < -0.4 is 5.73 Å². The lowest BCUT2D eigenvalue weighted by Crippen LogP contribution is -2.05. The highest BCUT2D eigenvalue weighted by Crippen LogP contribution is 2.33. The molecule has 2 heteroatoms. The average molecular weight is 306 g/mol. The van der Waals surface area contributed by atoms with Crippen LogP contribution in [-0.4, -0.2) is 13.3 Å². The molecule has 0 spiro atoms. The summed E-state index contributed by atoms with van der Waals surface area (Å²) in [5.74, 6) is 0.751. The first kappa shape index (κ1) is 15.8. The molecular weight excluding hydrogens is 280 g/mol. The second-order valence-electron chi connectivity index (χ2n) is 6.56. The lowest BCUT2D eigenvalue weighted by Gasteiger charge is -2.22. The van der Waals surface area contributed by atoms with E-state index in [9.17, 15) is 0 Å². The summed E-state index contributed by atoms with van der Waals surface area (Å²) < 4.78 is 0. The molecule has 0 atom stereocenters. The number of benzene rings is 2. The van der Waals surface area contributed by atoms with E-state index in [1.165, 1.54) is 48.8 Å². The molecule has 2 nitrogen and oxygen atoms in total. The first-order valence-electron chi connectivity index (χ1n) is 8.66. The standard InChI is InChI=1S/C21H26N2/c1-23-15-20-19(11-6-12-21(20)22)14-16-7-5-10-18(13-16)17-8-3-2-4-9-17/h5-7,10-13,15,17H,2-4,8-9,14,22H2,1H3. The second kappa shape index (κ2) is 7.45. The highest BCUT2D eigenvalue weighted by atomic mass is 14.7. The third-order valence-corrected chi connectivity index (χ3v) is 4.91. The van der Waals surface area contributed by atoms with Crippen LogP contribution in [0.25, 0.3) is 0 Å². The summed E-state index contributed by atoms with van der Waals surface area (Å²) in [5.41, 5.74) is 12.1. The van der Waals surface area contributed by atoms with Crippen LogP contribution in [0.5, 0.6) is 0 Å². The second-order valence-corrected chi connectivity index (χ2v) is 6.56. The van der Waals surface area contributed by atoms with Gasteiger partial charge in [0.15, 0.2) is 0 Å². The summed E-state index contributed by atoms with van der Waals surface area (Å²) in [4.78, 5) is 4.16. The van der Waals surface area contributed by atoms with E-state index in [0.29, 0.717) is 0 Å². The summed E-state index contributed by atoms with van der Waals surface area (Å²) >= 11 is 0. The third-order valence-electron chi connectivity index (χ3n) is 4.91. The van der Waals surface area contributed by atoms with Gasteiger partial charge >= 0.3 is 0 Å². The Hall–Kier alpha value is -2.09. The number of nitrogen functional groups attached to an aromatic ring is 1. The van der Waals surface area contributed by atoms with Crippen molar-refractivity contribution >= 4 is 11.9 Å². The van der Waals surface area contributed by atoms with E-state index in [0.717, 1.165) is 23.6 Å². The Morgan fingerprint density at radius 3 is 2.65 bits per heavy atom. The van der Waals surface area contributed by atoms with Gasteiger partial charge in [-0.3, -0.25) is 4.99 Å². The van der Waals surface area contributed by atoms with Crippen LogP contribution in [0.15, 0.2) is 47.5 Å². The van der Waals surface area contributed by atoms with Gasteiger partial charge in [0, 0.05) is 24.5 Å². The number of anilines is 1. The highest BCUT2D eigenvalue weighted by Gasteiger charge is 2.15. The Bertz CT molecular complexity index is 682. The Morgan fingerprint density at radius 1 is 1.09 bits per heavy atom. The predicted molar refractivity (Wildman–Crippen MR) is 99.4 cm³/mol. The SMILES string of the molecule is CN=Cc1c(N)cccc1Cc1cccc(C2CCCCC2)c1. The zero-order chi connectivity index (χ0) is 16.1. The summed E-state index contributed by atoms with van der Waals surface area (Å²) in [6, 6.07) is 15.3. The van der Waals surface area contributed by atoms with Crippen molar-refractivity contribution in [2.75, 3.05) is 12.8 Å². The number of rotatable bonds is 4. The van der Waals surface area contributed by atoms with E-state index in [2.05, 4.69) is 35.3 Å². The van der Waals surface area contributed by atoms with Crippen LogP contribution in [-0.2, 0) is 6.42 Å². The summed E-state index contributed by atoms with van der Waals surface area (Å²) in [7, 11) is 1.79. The highest BCUT2D eigenvalue weighted by molar-refractivity contribution is 5.89. The quantitative estimate of drug-likeness (QED) is 0.629. The van der Waals surface area contributed by atoms with Gasteiger partial charge in [-0.15, -0.1) is 0 Å². The maximum Gasteiger partial charge on any atom is 0.0406 e. The zero-order valence-corrected chi connectivity index (χ0v) is 14.0. The topological polar surface area (TPSA) is 38.4 Å². The van der Waals surface area contributed by atoms with Crippen LogP contribution in [0, 0.1) is 0 Å². The van der Waals surface area contributed by atoms with Gasteiger partial charge in [-0.2, -0.15) is 0 Å². The molecule has 3 rings (SSSR count). The molecule has 0 unspecified atom stereocenters. The van der Waals surface area contributed by atoms with E-state index in [4.69, 9.17) is 5.73 Å². The molecule has 0 amide bonds. The molecule has 1 aliphatic carbocycles. The minimum absolute atomic E-state index is 0.751. The molecule has 0 bridgehead atoms. The largest absolute Gasteiger partial charge is 0.398 e. The molecule has 2 N–H and O–H groups in total. The van der Waals surface area contributed by atoms with Crippen molar-refractivity contribution in [3.05, 3.63) is 64.7 Å². The lowest BCUT2D eigenvalue weighted by molar-refractivity contribution is 0.443. The molecular formula is C21H26N2. The lowest BCUT2D eigenvalue weighted by atomic mass is 9.83. The fraction of sp³-hybridized carbons (Fsp3) is 0.381. The number of aliphatic imine (C=N–C) groups is 1. The van der Waals surface area contributed by atoms with E-state index < -0.39 is 0 Å². The molecule has 1 aliphatic rings. The first-order valence-corrected chi connectivity index (χ1v) is 8.66. The Balaban J connectivity index is 1.85. The van der Waals surface area contributed by atoms with Gasteiger partial charge in [-0.1, -0.05) is 55.7 Å². The molecule has 2 aromatic rings. The first-order chi connectivity index (χ1) is 11.3. The summed E-state index contributed by atoms with van der Waals surface area (Å²) in [6.45, 7) is 0. The van der Waals surface area contributed by atoms with Gasteiger partial charge in [0.1, 0.15) is 0 Å². The van der Waals surface area contributed by atoms with Gasteiger partial charge < -0.3 is 5.73 Å². The molecule has 120 valence electrons. The average Bonchev–Trinajstić information content (AvgIpc) is 2.59. The van der Waals surface area contributed by atoms with E-state index in [1.807, 2.05) is 18.3 Å². The van der Waals surface area contributed by atoms with Crippen LogP contribution >= 0.6 is 0 Å². The predicted octanol–water partition coefficient (Wildman–Crippen LogP) is 4.96. The Labute approximate surface area is 139 Å². The van der Waals surface area contributed by atoms with Crippen molar-refractivity contribution in [3.63, 3.8) is 0 Å². The molecule has 0 heterocycles. The van der Waals surface area contributed by atoms with Crippen molar-refractivity contribution in [1.82, 2.24) is 0 Å². The van der Waals surface area contributed by atoms with Gasteiger partial charge in [-0.25, -0.2) is 0 Å². The van der Waals surface area contributed by atoms with Crippen molar-refractivity contribution < 1.29 is 0 Å². The summed E-state index contributed by atoms with van der Waals surface area (Å²) in [6.07, 6.45) is 9.62. The van der Waals surface area contributed by atoms with E-state index in [-0.39, 0.29) is 0 Å². The van der Waals surface area contributed by atoms with Crippen LogP contribution in [0.4, 0.5) is 5.69 Å². The van der Waals surface area contributed by atoms with Gasteiger partial charge in [-0.05, 0) is 47.9 Å². The number of hydrogen-bond donors (Lipinski definition) is 1. The normalized spacial score (nSPS) is 16.0.